The van der Waals surface area contributed by atoms with Gasteiger partial charge in [-0.1, -0.05) is 49.4 Å². The summed E-state index contributed by atoms with van der Waals surface area (Å²) in [6, 6.07) is 8.84. The summed E-state index contributed by atoms with van der Waals surface area (Å²) in [7, 11) is 3.73. The van der Waals surface area contributed by atoms with Crippen LogP contribution in [-0.2, 0) is 7.05 Å². The average Bonchev–Trinajstić information content (AvgIpc) is 3.52. The Hall–Kier alpha value is -3.57. The fourth-order valence-corrected chi connectivity index (χ4v) is 4.73. The third-order valence-corrected chi connectivity index (χ3v) is 6.88. The molecule has 0 saturated heterocycles. The Morgan fingerprint density at radius 3 is 2.65 bits per heavy atom. The van der Waals surface area contributed by atoms with E-state index in [9.17, 15) is 9.59 Å². The van der Waals surface area contributed by atoms with Gasteiger partial charge in [-0.3, -0.25) is 24.0 Å². The number of anilines is 2. The maximum Gasteiger partial charge on any atom is 0.281 e. The number of benzene rings is 1. The van der Waals surface area contributed by atoms with Crippen LogP contribution in [0.5, 0.6) is 0 Å². The molecule has 0 bridgehead atoms. The first-order valence-corrected chi connectivity index (χ1v) is 14.7. The molecule has 4 aromatic rings. The summed E-state index contributed by atoms with van der Waals surface area (Å²) in [5.41, 5.74) is 3.14. The van der Waals surface area contributed by atoms with Crippen molar-refractivity contribution in [2.24, 2.45) is 7.05 Å². The van der Waals surface area contributed by atoms with Gasteiger partial charge in [0.15, 0.2) is 5.69 Å². The van der Waals surface area contributed by atoms with Gasteiger partial charge in [0.05, 0.1) is 22.6 Å². The predicted octanol–water partition coefficient (Wildman–Crippen LogP) is 5.51. The molecule has 3 N–H and O–H groups in total. The van der Waals surface area contributed by atoms with Crippen LogP contribution in [0.25, 0.3) is 10.9 Å². The van der Waals surface area contributed by atoms with E-state index in [4.69, 9.17) is 16.6 Å². The number of nitrogens with one attached hydrogen (secondary N) is 3. The number of halogens is 1. The minimum Gasteiger partial charge on any atom is -0.377 e. The lowest BCUT2D eigenvalue weighted by molar-refractivity contribution is 0.0980. The largest absolute Gasteiger partial charge is 0.377 e. The number of rotatable bonds is 10. The van der Waals surface area contributed by atoms with E-state index in [1.165, 1.54) is 11.9 Å². The number of aromatic amines is 1. The molecule has 1 aromatic carbocycles. The van der Waals surface area contributed by atoms with Crippen molar-refractivity contribution in [3.63, 3.8) is 0 Å². The second-order valence-electron chi connectivity index (χ2n) is 9.45. The number of hydrogen-bond acceptors (Lipinski definition) is 8. The molecule has 1 atom stereocenters. The molecule has 0 aliphatic carbocycles. The maximum atomic E-state index is 13.3. The fraction of sp³-hybridized carbons (Fsp3) is 0.393. The zero-order valence-corrected chi connectivity index (χ0v) is 25.4. The van der Waals surface area contributed by atoms with E-state index in [2.05, 4.69) is 32.1 Å². The standard InChI is InChI=1S/C25H33ClN6O2S.C3H4N2/c1-7-8-9-12-31(4)25-29-21-17(13-15(2)14-18(21)24(34)32(25)5)16(3)27-19-10-11-20(26)28-22(19)23(33)30-35-6;1-2-4-5-3-1/h10-11,13-14,16,27H,7-9,12H2,1-6H3,(H,30,33);1-3H,(H,4,5). The first kappa shape index (κ1) is 31.0. The number of carbonyl (C=O) groups is 1. The molecular weight excluding hydrogens is 548 g/mol. The molecule has 0 aliphatic heterocycles. The van der Waals surface area contributed by atoms with Gasteiger partial charge in [-0.15, -0.1) is 0 Å². The first-order chi connectivity index (χ1) is 19.2. The minimum atomic E-state index is -0.341. The van der Waals surface area contributed by atoms with Gasteiger partial charge in [-0.05, 0) is 50.1 Å². The minimum absolute atomic E-state index is 0.0855. The molecule has 12 heteroatoms. The van der Waals surface area contributed by atoms with Crippen LogP contribution in [0.3, 0.4) is 0 Å². The van der Waals surface area contributed by atoms with Gasteiger partial charge in [-0.2, -0.15) is 5.10 Å². The van der Waals surface area contributed by atoms with Crippen LogP contribution in [0.2, 0.25) is 5.15 Å². The van der Waals surface area contributed by atoms with Gasteiger partial charge >= 0.3 is 0 Å². The van der Waals surface area contributed by atoms with Crippen molar-refractivity contribution in [3.05, 3.63) is 75.1 Å². The van der Waals surface area contributed by atoms with Gasteiger partial charge < -0.3 is 10.2 Å². The highest BCUT2D eigenvalue weighted by molar-refractivity contribution is 7.97. The Bertz CT molecular complexity index is 1460. The molecule has 0 radical (unpaired) electrons. The van der Waals surface area contributed by atoms with Gasteiger partial charge in [0.25, 0.3) is 11.5 Å². The van der Waals surface area contributed by atoms with Gasteiger partial charge in [0.2, 0.25) is 5.95 Å². The number of unbranched alkanes of at least 4 members (excludes halogenated alkanes) is 2. The van der Waals surface area contributed by atoms with Crippen LogP contribution in [0, 0.1) is 6.92 Å². The summed E-state index contributed by atoms with van der Waals surface area (Å²) in [4.78, 5) is 37.1. The monoisotopic (exact) mass is 584 g/mol. The second-order valence-corrected chi connectivity index (χ2v) is 10.5. The molecule has 0 fully saturated rings. The summed E-state index contributed by atoms with van der Waals surface area (Å²) in [6.07, 6.45) is 8.50. The summed E-state index contributed by atoms with van der Waals surface area (Å²) < 4.78 is 4.31. The van der Waals surface area contributed by atoms with E-state index in [0.29, 0.717) is 22.5 Å². The van der Waals surface area contributed by atoms with Crippen molar-refractivity contribution in [2.45, 2.75) is 46.1 Å². The number of nitrogens with zero attached hydrogens (tertiary/aromatic N) is 5. The summed E-state index contributed by atoms with van der Waals surface area (Å²) in [5.74, 6) is 0.288. The van der Waals surface area contributed by atoms with E-state index in [0.717, 1.165) is 36.9 Å². The smallest absolute Gasteiger partial charge is 0.281 e. The van der Waals surface area contributed by atoms with Crippen molar-refractivity contribution >= 4 is 52.0 Å². The Morgan fingerprint density at radius 2 is 2.02 bits per heavy atom. The lowest BCUT2D eigenvalue weighted by Gasteiger charge is -2.23. The molecule has 3 aromatic heterocycles. The van der Waals surface area contributed by atoms with Gasteiger partial charge in [-0.25, -0.2) is 9.97 Å². The van der Waals surface area contributed by atoms with Crippen LogP contribution in [-0.4, -0.2) is 50.5 Å². The van der Waals surface area contributed by atoms with E-state index in [1.807, 2.05) is 44.0 Å². The van der Waals surface area contributed by atoms with Crippen molar-refractivity contribution in [3.8, 4) is 0 Å². The molecule has 0 spiro atoms. The van der Waals surface area contributed by atoms with Crippen LogP contribution in [0.1, 0.15) is 60.8 Å². The number of amides is 1. The van der Waals surface area contributed by atoms with E-state index >= 15 is 0 Å². The first-order valence-electron chi connectivity index (χ1n) is 13.1. The summed E-state index contributed by atoms with van der Waals surface area (Å²) >= 11 is 7.25. The predicted molar refractivity (Wildman–Crippen MR) is 165 cm³/mol. The van der Waals surface area contributed by atoms with Crippen molar-refractivity contribution in [2.75, 3.05) is 30.1 Å². The number of aryl methyl sites for hydroxylation is 1. The van der Waals surface area contributed by atoms with Crippen LogP contribution < -0.4 is 20.5 Å². The second kappa shape index (κ2) is 14.7. The molecular formula is C28H37ClN8O2S. The highest BCUT2D eigenvalue weighted by Gasteiger charge is 2.20. The molecule has 10 nitrogen and oxygen atoms in total. The number of H-pyrrole nitrogens is 1. The highest BCUT2D eigenvalue weighted by atomic mass is 35.5. The number of pyridine rings is 1. The number of fused-ring (bicyclic) bond motifs is 1. The van der Waals surface area contributed by atoms with E-state index in [1.54, 1.807) is 42.4 Å². The zero-order valence-electron chi connectivity index (χ0n) is 23.8. The molecule has 4 rings (SSSR count). The topological polar surface area (TPSA) is 121 Å². The summed E-state index contributed by atoms with van der Waals surface area (Å²) in [6.45, 7) is 6.92. The lowest BCUT2D eigenvalue weighted by atomic mass is 10.0. The number of aromatic nitrogens is 5. The third-order valence-electron chi connectivity index (χ3n) is 6.28. The SMILES string of the molecule is CCCCCN(C)c1nc2c(C(C)Nc3ccc(Cl)nc3C(=O)NSC)cc(C)cc2c(=O)n1C.c1cn[nH]c1. The fourth-order valence-electron chi connectivity index (χ4n) is 4.30. The van der Waals surface area contributed by atoms with Crippen molar-refractivity contribution < 1.29 is 4.79 Å². The maximum absolute atomic E-state index is 13.3. The molecule has 214 valence electrons. The third kappa shape index (κ3) is 7.76. The van der Waals surface area contributed by atoms with Crippen LogP contribution in [0.4, 0.5) is 11.6 Å². The average molecular weight is 585 g/mol. The van der Waals surface area contributed by atoms with Crippen molar-refractivity contribution in [1.29, 1.82) is 0 Å². The molecule has 0 aliphatic rings. The molecule has 0 saturated carbocycles. The Labute approximate surface area is 244 Å². The molecule has 1 unspecified atom stereocenters. The Kier molecular flexibility index (Phi) is 11.4. The van der Waals surface area contributed by atoms with E-state index < -0.39 is 0 Å². The molecule has 40 heavy (non-hydrogen) atoms. The Balaban J connectivity index is 0.000000792. The summed E-state index contributed by atoms with van der Waals surface area (Å²) in [5, 5.41) is 10.4. The van der Waals surface area contributed by atoms with E-state index in [-0.39, 0.29) is 28.4 Å². The molecule has 3 heterocycles. The lowest BCUT2D eigenvalue weighted by Crippen LogP contribution is -2.30. The quantitative estimate of drug-likeness (QED) is 0.127. The van der Waals surface area contributed by atoms with Gasteiger partial charge in [0.1, 0.15) is 5.15 Å². The number of hydrogen-bond donors (Lipinski definition) is 3. The zero-order chi connectivity index (χ0) is 29.2. The normalized spacial score (nSPS) is 11.5. The van der Waals surface area contributed by atoms with Crippen LogP contribution >= 0.6 is 23.5 Å². The molecule has 1 amide bonds. The van der Waals surface area contributed by atoms with Crippen molar-refractivity contribution in [1.82, 2.24) is 29.5 Å². The Morgan fingerprint density at radius 1 is 1.25 bits per heavy atom. The number of carbonyl (C=O) groups excluding carboxylic acids is 1. The highest BCUT2D eigenvalue weighted by Crippen LogP contribution is 2.29. The van der Waals surface area contributed by atoms with Crippen LogP contribution in [0.15, 0.2) is 47.5 Å². The van der Waals surface area contributed by atoms with Gasteiger partial charge in [0, 0.05) is 44.9 Å².